The van der Waals surface area contributed by atoms with E-state index in [1.54, 1.807) is 0 Å². The molecule has 0 amide bonds. The number of phenols is 1. The smallest absolute Gasteiger partial charge is 0.136 e. The fraction of sp³-hybridized carbons (Fsp3) is 0. The standard InChI is InChI=1S/C10H7FN2O/c11-9-5-7(14)1-2-8(9)10-6-12-3-4-13-10/h1-6,14H. The maximum Gasteiger partial charge on any atom is 0.136 e. The first-order chi connectivity index (χ1) is 6.77. The summed E-state index contributed by atoms with van der Waals surface area (Å²) in [5.41, 5.74) is 0.779. The highest BCUT2D eigenvalue weighted by atomic mass is 19.1. The van der Waals surface area contributed by atoms with E-state index in [-0.39, 0.29) is 5.75 Å². The number of aromatic hydroxyl groups is 1. The molecule has 1 aromatic heterocycles. The van der Waals surface area contributed by atoms with Gasteiger partial charge in [-0.2, -0.15) is 0 Å². The molecule has 0 aliphatic carbocycles. The van der Waals surface area contributed by atoms with Crippen molar-refractivity contribution in [3.63, 3.8) is 0 Å². The zero-order chi connectivity index (χ0) is 9.97. The minimum Gasteiger partial charge on any atom is -0.508 e. The average Bonchev–Trinajstić information content (AvgIpc) is 2.19. The third-order valence-electron chi connectivity index (χ3n) is 1.79. The summed E-state index contributed by atoms with van der Waals surface area (Å²) in [6, 6.07) is 3.92. The predicted molar refractivity (Wildman–Crippen MR) is 49.1 cm³/mol. The van der Waals surface area contributed by atoms with Gasteiger partial charge in [0.1, 0.15) is 11.6 Å². The van der Waals surface area contributed by atoms with E-state index in [2.05, 4.69) is 9.97 Å². The van der Waals surface area contributed by atoms with Crippen molar-refractivity contribution >= 4 is 0 Å². The third kappa shape index (κ3) is 1.54. The molecule has 0 radical (unpaired) electrons. The van der Waals surface area contributed by atoms with Crippen LogP contribution < -0.4 is 0 Å². The van der Waals surface area contributed by atoms with Crippen LogP contribution in [0.5, 0.6) is 5.75 Å². The van der Waals surface area contributed by atoms with E-state index in [0.717, 1.165) is 6.07 Å². The van der Waals surface area contributed by atoms with Crippen LogP contribution in [0.3, 0.4) is 0 Å². The Bertz CT molecular complexity index is 445. The van der Waals surface area contributed by atoms with Crippen LogP contribution in [0.4, 0.5) is 4.39 Å². The van der Waals surface area contributed by atoms with E-state index >= 15 is 0 Å². The number of halogens is 1. The lowest BCUT2D eigenvalue weighted by Crippen LogP contribution is -1.87. The van der Waals surface area contributed by atoms with Crippen LogP contribution in [0.1, 0.15) is 0 Å². The van der Waals surface area contributed by atoms with E-state index in [0.29, 0.717) is 11.3 Å². The number of aromatic nitrogens is 2. The van der Waals surface area contributed by atoms with E-state index in [9.17, 15) is 4.39 Å². The molecule has 70 valence electrons. The Kier molecular flexibility index (Phi) is 2.10. The van der Waals surface area contributed by atoms with Crippen LogP contribution >= 0.6 is 0 Å². The molecule has 2 rings (SSSR count). The van der Waals surface area contributed by atoms with Crippen LogP contribution in [0.25, 0.3) is 11.3 Å². The molecule has 2 aromatic rings. The van der Waals surface area contributed by atoms with Gasteiger partial charge in [-0.3, -0.25) is 9.97 Å². The fourth-order valence-corrected chi connectivity index (χ4v) is 1.15. The zero-order valence-electron chi connectivity index (χ0n) is 7.18. The second kappa shape index (κ2) is 3.41. The van der Waals surface area contributed by atoms with Gasteiger partial charge in [0.2, 0.25) is 0 Å². The Morgan fingerprint density at radius 1 is 1.21 bits per heavy atom. The van der Waals surface area contributed by atoms with Gasteiger partial charge in [-0.05, 0) is 12.1 Å². The molecule has 0 bridgehead atoms. The Morgan fingerprint density at radius 3 is 2.71 bits per heavy atom. The number of hydrogen-bond donors (Lipinski definition) is 1. The zero-order valence-corrected chi connectivity index (χ0v) is 7.18. The van der Waals surface area contributed by atoms with Crippen LogP contribution in [0.15, 0.2) is 36.8 Å². The molecule has 1 heterocycles. The molecule has 1 aromatic carbocycles. The molecule has 4 heteroatoms. The van der Waals surface area contributed by atoms with Gasteiger partial charge in [0.15, 0.2) is 0 Å². The summed E-state index contributed by atoms with van der Waals surface area (Å²) in [5, 5.41) is 9.01. The summed E-state index contributed by atoms with van der Waals surface area (Å²) in [5.74, 6) is -0.611. The first kappa shape index (κ1) is 8.62. The van der Waals surface area contributed by atoms with Gasteiger partial charge in [0, 0.05) is 24.0 Å². The topological polar surface area (TPSA) is 46.0 Å². The minimum absolute atomic E-state index is 0.102. The van der Waals surface area contributed by atoms with Gasteiger partial charge in [-0.15, -0.1) is 0 Å². The molecular formula is C10H7FN2O. The molecule has 3 nitrogen and oxygen atoms in total. The number of rotatable bonds is 1. The third-order valence-corrected chi connectivity index (χ3v) is 1.79. The first-order valence-electron chi connectivity index (χ1n) is 4.02. The van der Waals surface area contributed by atoms with Crippen LogP contribution in [0.2, 0.25) is 0 Å². The predicted octanol–water partition coefficient (Wildman–Crippen LogP) is 1.99. The lowest BCUT2D eigenvalue weighted by atomic mass is 10.1. The SMILES string of the molecule is Oc1ccc(-c2cnccn2)c(F)c1. The van der Waals surface area contributed by atoms with Crippen molar-refractivity contribution in [1.82, 2.24) is 9.97 Å². The highest BCUT2D eigenvalue weighted by Crippen LogP contribution is 2.22. The van der Waals surface area contributed by atoms with E-state index < -0.39 is 5.82 Å². The summed E-state index contributed by atoms with van der Waals surface area (Å²) in [4.78, 5) is 7.79. The monoisotopic (exact) mass is 190 g/mol. The summed E-state index contributed by atoms with van der Waals surface area (Å²) in [6.07, 6.45) is 4.47. The number of hydrogen-bond acceptors (Lipinski definition) is 3. The van der Waals surface area contributed by atoms with Crippen molar-refractivity contribution in [3.8, 4) is 17.0 Å². The van der Waals surface area contributed by atoms with Gasteiger partial charge in [-0.25, -0.2) is 4.39 Å². The van der Waals surface area contributed by atoms with Crippen LogP contribution in [-0.2, 0) is 0 Å². The lowest BCUT2D eigenvalue weighted by Gasteiger charge is -2.01. The fourth-order valence-electron chi connectivity index (χ4n) is 1.15. The van der Waals surface area contributed by atoms with Gasteiger partial charge >= 0.3 is 0 Å². The summed E-state index contributed by atoms with van der Waals surface area (Å²) >= 11 is 0. The molecule has 0 fully saturated rings. The molecule has 0 aliphatic rings. The van der Waals surface area contributed by atoms with Crippen molar-refractivity contribution in [2.45, 2.75) is 0 Å². The second-order valence-electron chi connectivity index (χ2n) is 2.75. The van der Waals surface area contributed by atoms with E-state index in [4.69, 9.17) is 5.11 Å². The maximum absolute atomic E-state index is 13.3. The first-order valence-corrected chi connectivity index (χ1v) is 4.02. The molecule has 0 saturated carbocycles. The average molecular weight is 190 g/mol. The normalized spacial score (nSPS) is 10.1. The number of nitrogens with zero attached hydrogens (tertiary/aromatic N) is 2. The maximum atomic E-state index is 13.3. The largest absolute Gasteiger partial charge is 0.508 e. The Labute approximate surface area is 79.9 Å². The highest BCUT2D eigenvalue weighted by Gasteiger charge is 2.06. The van der Waals surface area contributed by atoms with Crippen molar-refractivity contribution in [3.05, 3.63) is 42.6 Å². The molecule has 0 atom stereocenters. The van der Waals surface area contributed by atoms with E-state index in [1.165, 1.54) is 30.7 Å². The van der Waals surface area contributed by atoms with Crippen LogP contribution in [-0.4, -0.2) is 15.1 Å². The quantitative estimate of drug-likeness (QED) is 0.747. The number of phenolic OH excluding ortho intramolecular Hbond substituents is 1. The molecule has 0 aliphatic heterocycles. The number of benzene rings is 1. The highest BCUT2D eigenvalue weighted by molar-refractivity contribution is 5.59. The van der Waals surface area contributed by atoms with E-state index in [1.807, 2.05) is 0 Å². The van der Waals surface area contributed by atoms with Crippen molar-refractivity contribution in [2.24, 2.45) is 0 Å². The molecule has 0 unspecified atom stereocenters. The second-order valence-corrected chi connectivity index (χ2v) is 2.75. The van der Waals surface area contributed by atoms with Gasteiger partial charge < -0.3 is 5.11 Å². The Hall–Kier alpha value is -1.97. The van der Waals surface area contributed by atoms with Crippen LogP contribution in [0, 0.1) is 5.82 Å². The minimum atomic E-state index is -0.509. The van der Waals surface area contributed by atoms with Crippen molar-refractivity contribution < 1.29 is 9.50 Å². The van der Waals surface area contributed by atoms with Gasteiger partial charge in [0.25, 0.3) is 0 Å². The summed E-state index contributed by atoms with van der Waals surface area (Å²) in [6.45, 7) is 0. The molecule has 14 heavy (non-hydrogen) atoms. The Balaban J connectivity index is 2.53. The molecule has 0 saturated heterocycles. The van der Waals surface area contributed by atoms with Crippen molar-refractivity contribution in [2.75, 3.05) is 0 Å². The van der Waals surface area contributed by atoms with Crippen molar-refractivity contribution in [1.29, 1.82) is 0 Å². The Morgan fingerprint density at radius 2 is 2.07 bits per heavy atom. The summed E-state index contributed by atoms with van der Waals surface area (Å²) in [7, 11) is 0. The molecular weight excluding hydrogens is 183 g/mol. The lowest BCUT2D eigenvalue weighted by molar-refractivity contribution is 0.469. The summed E-state index contributed by atoms with van der Waals surface area (Å²) < 4.78 is 13.3. The van der Waals surface area contributed by atoms with Gasteiger partial charge in [-0.1, -0.05) is 0 Å². The van der Waals surface area contributed by atoms with Gasteiger partial charge in [0.05, 0.1) is 11.9 Å². The molecule has 1 N–H and O–H groups in total. The molecule has 0 spiro atoms.